The lowest BCUT2D eigenvalue weighted by molar-refractivity contribution is 0.351. The molecule has 0 saturated heterocycles. The highest BCUT2D eigenvalue weighted by molar-refractivity contribution is 5.54. The van der Waals surface area contributed by atoms with E-state index in [1.54, 1.807) is 0 Å². The summed E-state index contributed by atoms with van der Waals surface area (Å²) in [4.78, 5) is 2.33. The number of rotatable bonds is 5. The molecule has 0 atom stereocenters. The van der Waals surface area contributed by atoms with Crippen LogP contribution in [0, 0.1) is 19.3 Å². The van der Waals surface area contributed by atoms with Crippen LogP contribution < -0.4 is 10.6 Å². The molecule has 0 aliphatic heterocycles. The fourth-order valence-electron chi connectivity index (χ4n) is 1.82. The van der Waals surface area contributed by atoms with Gasteiger partial charge in [0.15, 0.2) is 0 Å². The minimum atomic E-state index is 0.228. The Morgan fingerprint density at radius 3 is 2.47 bits per heavy atom. The molecule has 2 N–H and O–H groups in total. The summed E-state index contributed by atoms with van der Waals surface area (Å²) >= 11 is 0. The Balaban J connectivity index is 2.70. The van der Waals surface area contributed by atoms with Gasteiger partial charge in [0.05, 0.1) is 0 Å². The van der Waals surface area contributed by atoms with Crippen LogP contribution in [0.4, 0.5) is 5.69 Å². The molecule has 0 spiro atoms. The molecule has 1 rings (SSSR count). The Hall–Kier alpha value is -1.02. The number of hydrogen-bond acceptors (Lipinski definition) is 2. The van der Waals surface area contributed by atoms with Crippen LogP contribution in [0.5, 0.6) is 0 Å². The molecule has 0 bridgehead atoms. The summed E-state index contributed by atoms with van der Waals surface area (Å²) in [5.74, 6) is 0. The van der Waals surface area contributed by atoms with Crippen LogP contribution in [0.1, 0.15) is 31.4 Å². The third-order valence-corrected chi connectivity index (χ3v) is 3.45. The van der Waals surface area contributed by atoms with Crippen molar-refractivity contribution in [1.29, 1.82) is 0 Å². The summed E-state index contributed by atoms with van der Waals surface area (Å²) in [7, 11) is 2.16. The Bertz CT molecular complexity index is 369. The quantitative estimate of drug-likeness (QED) is 0.848. The third-order valence-electron chi connectivity index (χ3n) is 3.45. The predicted molar refractivity (Wildman–Crippen MR) is 76.6 cm³/mol. The largest absolute Gasteiger partial charge is 0.374 e. The predicted octanol–water partition coefficient (Wildman–Crippen LogP) is 3.11. The van der Waals surface area contributed by atoms with E-state index in [0.29, 0.717) is 0 Å². The summed E-state index contributed by atoms with van der Waals surface area (Å²) in [5.41, 5.74) is 9.98. The third kappa shape index (κ3) is 4.04. The summed E-state index contributed by atoms with van der Waals surface area (Å²) in [6.07, 6.45) is 1.12. The molecule has 0 aromatic heterocycles. The molecular formula is C15H26N2. The van der Waals surface area contributed by atoms with Crippen molar-refractivity contribution in [3.05, 3.63) is 29.3 Å². The SMILES string of the molecule is Cc1ccc(C)c(N(C)CCC(C)(C)CN)c1. The second-order valence-corrected chi connectivity index (χ2v) is 5.83. The van der Waals surface area contributed by atoms with Gasteiger partial charge in [0.1, 0.15) is 0 Å². The Morgan fingerprint density at radius 1 is 1.24 bits per heavy atom. The number of anilines is 1. The van der Waals surface area contributed by atoms with Gasteiger partial charge < -0.3 is 10.6 Å². The first-order valence-corrected chi connectivity index (χ1v) is 6.34. The van der Waals surface area contributed by atoms with Gasteiger partial charge in [0.25, 0.3) is 0 Å². The molecule has 2 nitrogen and oxygen atoms in total. The van der Waals surface area contributed by atoms with Crippen molar-refractivity contribution in [3.63, 3.8) is 0 Å². The Labute approximate surface area is 106 Å². The summed E-state index contributed by atoms with van der Waals surface area (Å²) in [6.45, 7) is 10.6. The number of nitrogens with two attached hydrogens (primary N) is 1. The van der Waals surface area contributed by atoms with E-state index in [1.165, 1.54) is 16.8 Å². The van der Waals surface area contributed by atoms with E-state index in [2.05, 4.69) is 57.8 Å². The summed E-state index contributed by atoms with van der Waals surface area (Å²) in [5, 5.41) is 0. The van der Waals surface area contributed by atoms with Crippen LogP contribution in [0.15, 0.2) is 18.2 Å². The monoisotopic (exact) mass is 234 g/mol. The Morgan fingerprint density at radius 2 is 1.88 bits per heavy atom. The van der Waals surface area contributed by atoms with E-state index in [1.807, 2.05) is 0 Å². The maximum atomic E-state index is 5.77. The number of nitrogens with zero attached hydrogens (tertiary/aromatic N) is 1. The van der Waals surface area contributed by atoms with Crippen molar-refractivity contribution in [2.75, 3.05) is 25.0 Å². The van der Waals surface area contributed by atoms with E-state index in [-0.39, 0.29) is 5.41 Å². The van der Waals surface area contributed by atoms with Gasteiger partial charge in [0, 0.05) is 19.3 Å². The zero-order valence-corrected chi connectivity index (χ0v) is 11.9. The molecule has 17 heavy (non-hydrogen) atoms. The van der Waals surface area contributed by atoms with Gasteiger partial charge in [0.2, 0.25) is 0 Å². The van der Waals surface area contributed by atoms with E-state index in [0.717, 1.165) is 19.5 Å². The second kappa shape index (κ2) is 5.54. The average Bonchev–Trinajstić information content (AvgIpc) is 2.29. The van der Waals surface area contributed by atoms with Gasteiger partial charge in [-0.25, -0.2) is 0 Å². The summed E-state index contributed by atoms with van der Waals surface area (Å²) in [6, 6.07) is 6.61. The average molecular weight is 234 g/mol. The summed E-state index contributed by atoms with van der Waals surface area (Å²) < 4.78 is 0. The lowest BCUT2D eigenvalue weighted by Gasteiger charge is -2.28. The van der Waals surface area contributed by atoms with Gasteiger partial charge in [-0.1, -0.05) is 26.0 Å². The first-order valence-electron chi connectivity index (χ1n) is 6.34. The first kappa shape index (κ1) is 14.0. The zero-order chi connectivity index (χ0) is 13.1. The maximum Gasteiger partial charge on any atom is 0.0395 e. The lowest BCUT2D eigenvalue weighted by Crippen LogP contribution is -2.30. The Kier molecular flexibility index (Phi) is 4.58. The molecule has 96 valence electrons. The molecular weight excluding hydrogens is 208 g/mol. The van der Waals surface area contributed by atoms with Gasteiger partial charge in [-0.15, -0.1) is 0 Å². The fourth-order valence-corrected chi connectivity index (χ4v) is 1.82. The van der Waals surface area contributed by atoms with Crippen LogP contribution >= 0.6 is 0 Å². The van der Waals surface area contributed by atoms with Crippen LogP contribution in [-0.2, 0) is 0 Å². The molecule has 1 aromatic carbocycles. The molecule has 0 saturated carbocycles. The molecule has 1 aromatic rings. The molecule has 0 aliphatic rings. The molecule has 0 aliphatic carbocycles. The minimum Gasteiger partial charge on any atom is -0.374 e. The van der Waals surface area contributed by atoms with E-state index >= 15 is 0 Å². The number of hydrogen-bond donors (Lipinski definition) is 1. The smallest absolute Gasteiger partial charge is 0.0395 e. The second-order valence-electron chi connectivity index (χ2n) is 5.83. The molecule has 0 unspecified atom stereocenters. The molecule has 0 heterocycles. The molecule has 2 heteroatoms. The van der Waals surface area contributed by atoms with E-state index in [9.17, 15) is 0 Å². The van der Waals surface area contributed by atoms with Gasteiger partial charge in [-0.2, -0.15) is 0 Å². The highest BCUT2D eigenvalue weighted by atomic mass is 15.1. The highest BCUT2D eigenvalue weighted by Gasteiger charge is 2.16. The van der Waals surface area contributed by atoms with Crippen LogP contribution in [0.2, 0.25) is 0 Å². The topological polar surface area (TPSA) is 29.3 Å². The first-order chi connectivity index (χ1) is 7.85. The van der Waals surface area contributed by atoms with E-state index in [4.69, 9.17) is 5.73 Å². The van der Waals surface area contributed by atoms with E-state index < -0.39 is 0 Å². The number of aryl methyl sites for hydroxylation is 2. The van der Waals surface area contributed by atoms with Gasteiger partial charge in [-0.05, 0) is 49.4 Å². The van der Waals surface area contributed by atoms with Crippen molar-refractivity contribution in [3.8, 4) is 0 Å². The van der Waals surface area contributed by atoms with Crippen LogP contribution in [0.3, 0.4) is 0 Å². The van der Waals surface area contributed by atoms with Crippen molar-refractivity contribution >= 4 is 5.69 Å². The lowest BCUT2D eigenvalue weighted by atomic mass is 9.89. The maximum absolute atomic E-state index is 5.77. The standard InChI is InChI=1S/C15H26N2/c1-12-6-7-13(2)14(10-12)17(5)9-8-15(3,4)11-16/h6-7,10H,8-9,11,16H2,1-5H3. The normalized spacial score (nSPS) is 11.6. The molecule has 0 radical (unpaired) electrons. The highest BCUT2D eigenvalue weighted by Crippen LogP contribution is 2.23. The van der Waals surface area contributed by atoms with Gasteiger partial charge >= 0.3 is 0 Å². The van der Waals surface area contributed by atoms with Crippen LogP contribution in [0.25, 0.3) is 0 Å². The minimum absolute atomic E-state index is 0.228. The van der Waals surface area contributed by atoms with Crippen molar-refractivity contribution in [1.82, 2.24) is 0 Å². The van der Waals surface area contributed by atoms with Crippen LogP contribution in [-0.4, -0.2) is 20.1 Å². The van der Waals surface area contributed by atoms with Crippen molar-refractivity contribution < 1.29 is 0 Å². The van der Waals surface area contributed by atoms with Gasteiger partial charge in [-0.3, -0.25) is 0 Å². The fraction of sp³-hybridized carbons (Fsp3) is 0.600. The zero-order valence-electron chi connectivity index (χ0n) is 11.9. The molecule has 0 fully saturated rings. The molecule has 0 amide bonds. The van der Waals surface area contributed by atoms with Crippen molar-refractivity contribution in [2.24, 2.45) is 11.1 Å². The van der Waals surface area contributed by atoms with Crippen molar-refractivity contribution in [2.45, 2.75) is 34.1 Å². The number of benzene rings is 1.